The molecule has 2 heterocycles. The highest BCUT2D eigenvalue weighted by Gasteiger charge is 2.49. The zero-order chi connectivity index (χ0) is 20.3. The number of rotatable bonds is 6. The van der Waals surface area contributed by atoms with Crippen LogP contribution in [0, 0.1) is 5.92 Å². The predicted octanol–water partition coefficient (Wildman–Crippen LogP) is 1.64. The number of carbonyl (C=O) groups excluding carboxylic acids is 3. The molecule has 0 radical (unpaired) electrons. The number of piperidine rings is 1. The molecule has 2 saturated heterocycles. The van der Waals surface area contributed by atoms with Crippen LogP contribution < -0.4 is 5.32 Å². The van der Waals surface area contributed by atoms with E-state index in [0.29, 0.717) is 24.6 Å². The second-order valence-electron chi connectivity index (χ2n) is 8.23. The summed E-state index contributed by atoms with van der Waals surface area (Å²) in [4.78, 5) is 43.1. The number of amides is 4. The third-order valence-corrected chi connectivity index (χ3v) is 5.87. The molecule has 1 N–H and O–H groups in total. The smallest absolute Gasteiger partial charge is 0.325 e. The molecule has 0 aromatic heterocycles. The number of imide groups is 1. The minimum atomic E-state index is -1.13. The summed E-state index contributed by atoms with van der Waals surface area (Å²) in [6, 6.07) is 8.62. The maximum Gasteiger partial charge on any atom is 0.325 e. The van der Waals surface area contributed by atoms with Crippen molar-refractivity contribution in [3.8, 4) is 0 Å². The third-order valence-electron chi connectivity index (χ3n) is 5.87. The Kier molecular flexibility index (Phi) is 6.03. The van der Waals surface area contributed by atoms with Crippen molar-refractivity contribution in [2.75, 3.05) is 40.3 Å². The van der Waals surface area contributed by atoms with Crippen LogP contribution >= 0.6 is 0 Å². The highest BCUT2D eigenvalue weighted by Crippen LogP contribution is 2.29. The first-order valence-electron chi connectivity index (χ1n) is 9.93. The van der Waals surface area contributed by atoms with Crippen molar-refractivity contribution in [1.82, 2.24) is 20.0 Å². The van der Waals surface area contributed by atoms with Gasteiger partial charge in [-0.05, 0) is 58.3 Å². The number of benzene rings is 1. The van der Waals surface area contributed by atoms with Crippen molar-refractivity contribution >= 4 is 17.8 Å². The molecule has 0 aliphatic carbocycles. The minimum Gasteiger partial charge on any atom is -0.341 e. The summed E-state index contributed by atoms with van der Waals surface area (Å²) in [6.07, 6.45) is 3.08. The summed E-state index contributed by atoms with van der Waals surface area (Å²) in [5.41, 5.74) is -0.414. The molecule has 0 bridgehead atoms. The van der Waals surface area contributed by atoms with Crippen LogP contribution in [-0.2, 0) is 15.1 Å². The maximum atomic E-state index is 12.9. The van der Waals surface area contributed by atoms with Gasteiger partial charge in [0.2, 0.25) is 5.91 Å². The topological polar surface area (TPSA) is 73.0 Å². The molecule has 2 aliphatic rings. The van der Waals surface area contributed by atoms with E-state index >= 15 is 0 Å². The lowest BCUT2D eigenvalue weighted by atomic mass is 9.92. The lowest BCUT2D eigenvalue weighted by Crippen LogP contribution is -2.46. The molecule has 1 atom stereocenters. The quantitative estimate of drug-likeness (QED) is 0.755. The van der Waals surface area contributed by atoms with Crippen molar-refractivity contribution in [3.05, 3.63) is 35.9 Å². The average Bonchev–Trinajstić information content (AvgIpc) is 2.91. The summed E-state index contributed by atoms with van der Waals surface area (Å²) in [5.74, 6) is 0.0920. The van der Waals surface area contributed by atoms with Crippen LogP contribution in [0.5, 0.6) is 0 Å². The molecule has 0 spiro atoms. The largest absolute Gasteiger partial charge is 0.341 e. The number of likely N-dealkylation sites (tertiary alicyclic amines) is 1. The summed E-state index contributed by atoms with van der Waals surface area (Å²) in [7, 11) is 4.14. The van der Waals surface area contributed by atoms with Gasteiger partial charge in [0.05, 0.1) is 0 Å². The first-order chi connectivity index (χ1) is 13.3. The molecule has 1 aromatic carbocycles. The second-order valence-corrected chi connectivity index (χ2v) is 8.23. The van der Waals surface area contributed by atoms with E-state index in [4.69, 9.17) is 0 Å². The zero-order valence-electron chi connectivity index (χ0n) is 17.0. The molecule has 1 aromatic rings. The van der Waals surface area contributed by atoms with E-state index in [2.05, 4.69) is 24.3 Å². The van der Waals surface area contributed by atoms with Crippen molar-refractivity contribution in [1.29, 1.82) is 0 Å². The molecular formula is C21H30N4O3. The summed E-state index contributed by atoms with van der Waals surface area (Å²) in [5, 5.41) is 2.75. The Bertz CT molecular complexity index is 728. The molecule has 152 valence electrons. The molecule has 2 fully saturated rings. The van der Waals surface area contributed by atoms with Crippen molar-refractivity contribution in [2.45, 2.75) is 31.7 Å². The molecule has 7 nitrogen and oxygen atoms in total. The highest BCUT2D eigenvalue weighted by atomic mass is 16.2. The predicted molar refractivity (Wildman–Crippen MR) is 107 cm³/mol. The molecule has 0 saturated carbocycles. The van der Waals surface area contributed by atoms with E-state index in [1.807, 2.05) is 30.3 Å². The Balaban J connectivity index is 1.58. The first-order valence-corrected chi connectivity index (χ1v) is 9.93. The van der Waals surface area contributed by atoms with E-state index in [9.17, 15) is 14.4 Å². The lowest BCUT2D eigenvalue weighted by Gasteiger charge is -2.33. The Morgan fingerprint density at radius 2 is 1.82 bits per heavy atom. The molecule has 2 aliphatic heterocycles. The van der Waals surface area contributed by atoms with Crippen LogP contribution in [0.4, 0.5) is 4.79 Å². The van der Waals surface area contributed by atoms with Crippen LogP contribution in [0.25, 0.3) is 0 Å². The molecular weight excluding hydrogens is 356 g/mol. The number of hydrogen-bond donors (Lipinski definition) is 1. The van der Waals surface area contributed by atoms with Gasteiger partial charge in [-0.25, -0.2) is 4.79 Å². The Labute approximate surface area is 166 Å². The van der Waals surface area contributed by atoms with Gasteiger partial charge in [-0.1, -0.05) is 30.3 Å². The fraction of sp³-hybridized carbons (Fsp3) is 0.571. The molecule has 3 rings (SSSR count). The average molecular weight is 386 g/mol. The third kappa shape index (κ3) is 4.19. The lowest BCUT2D eigenvalue weighted by molar-refractivity contribution is -0.139. The van der Waals surface area contributed by atoms with Gasteiger partial charge in [-0.2, -0.15) is 0 Å². The summed E-state index contributed by atoms with van der Waals surface area (Å²) >= 11 is 0. The van der Waals surface area contributed by atoms with Crippen molar-refractivity contribution in [3.63, 3.8) is 0 Å². The van der Waals surface area contributed by atoms with Gasteiger partial charge in [-0.3, -0.25) is 14.5 Å². The van der Waals surface area contributed by atoms with Crippen LogP contribution in [0.15, 0.2) is 30.3 Å². The van der Waals surface area contributed by atoms with E-state index in [1.54, 1.807) is 11.8 Å². The Morgan fingerprint density at radius 3 is 2.43 bits per heavy atom. The molecule has 7 heteroatoms. The van der Waals surface area contributed by atoms with Gasteiger partial charge in [0, 0.05) is 13.1 Å². The number of nitrogens with zero attached hydrogens (tertiary/aromatic N) is 3. The fourth-order valence-corrected chi connectivity index (χ4v) is 3.95. The Hall–Kier alpha value is -2.41. The number of carbonyl (C=O) groups is 3. The number of urea groups is 1. The molecule has 28 heavy (non-hydrogen) atoms. The van der Waals surface area contributed by atoms with Crippen LogP contribution in [0.1, 0.15) is 31.7 Å². The van der Waals surface area contributed by atoms with Gasteiger partial charge >= 0.3 is 6.03 Å². The normalized spacial score (nSPS) is 23.4. The second kappa shape index (κ2) is 8.31. The summed E-state index contributed by atoms with van der Waals surface area (Å²) in [6.45, 7) is 3.92. The van der Waals surface area contributed by atoms with Gasteiger partial charge in [0.1, 0.15) is 12.1 Å². The van der Waals surface area contributed by atoms with Crippen LogP contribution in [0.2, 0.25) is 0 Å². The number of nitrogens with one attached hydrogen (secondary N) is 1. The maximum absolute atomic E-state index is 12.9. The monoisotopic (exact) mass is 386 g/mol. The summed E-state index contributed by atoms with van der Waals surface area (Å²) < 4.78 is 0. The van der Waals surface area contributed by atoms with Crippen molar-refractivity contribution < 1.29 is 14.4 Å². The minimum absolute atomic E-state index is 0.160. The Morgan fingerprint density at radius 1 is 1.18 bits per heavy atom. The van der Waals surface area contributed by atoms with E-state index in [0.717, 1.165) is 30.7 Å². The standard InChI is InChI=1S/C21H30N4O3/c1-21(17-7-5-4-6-8-17)19(27)25(20(28)22-21)15-18(26)24-13-10-16(11-14-24)9-12-23(2)3/h4-8,16H,9-15H2,1-3H3,(H,22,28)/t21-/m1/s1. The first kappa shape index (κ1) is 20.3. The zero-order valence-corrected chi connectivity index (χ0v) is 17.0. The van der Waals surface area contributed by atoms with Gasteiger partial charge < -0.3 is 15.1 Å². The number of hydrogen-bond acceptors (Lipinski definition) is 4. The SMILES string of the molecule is CN(C)CCC1CCN(C(=O)CN2C(=O)N[C@](C)(c3ccccc3)C2=O)CC1. The van der Waals surface area contributed by atoms with Gasteiger partial charge in [0.15, 0.2) is 0 Å². The van der Waals surface area contributed by atoms with Gasteiger partial charge in [-0.15, -0.1) is 0 Å². The van der Waals surface area contributed by atoms with Crippen LogP contribution in [-0.4, -0.2) is 72.8 Å². The fourth-order valence-electron chi connectivity index (χ4n) is 3.95. The highest BCUT2D eigenvalue weighted by molar-refractivity contribution is 6.09. The van der Waals surface area contributed by atoms with Gasteiger partial charge in [0.25, 0.3) is 5.91 Å². The van der Waals surface area contributed by atoms with E-state index in [1.165, 1.54) is 0 Å². The molecule has 0 unspecified atom stereocenters. The van der Waals surface area contributed by atoms with E-state index < -0.39 is 11.6 Å². The van der Waals surface area contributed by atoms with Crippen molar-refractivity contribution in [2.24, 2.45) is 5.92 Å². The van der Waals surface area contributed by atoms with Crippen LogP contribution in [0.3, 0.4) is 0 Å². The van der Waals surface area contributed by atoms with E-state index in [-0.39, 0.29) is 18.4 Å². The molecule has 4 amide bonds.